The first kappa shape index (κ1) is 12.4. The van der Waals surface area contributed by atoms with Crippen molar-refractivity contribution in [3.05, 3.63) is 0 Å². The van der Waals surface area contributed by atoms with Crippen LogP contribution in [0.25, 0.3) is 0 Å². The van der Waals surface area contributed by atoms with Gasteiger partial charge in [0.05, 0.1) is 0 Å². The number of nitrogens with zero attached hydrogens (tertiary/aromatic N) is 1. The van der Waals surface area contributed by atoms with Crippen LogP contribution >= 0.6 is 0 Å². The van der Waals surface area contributed by atoms with Crippen LogP contribution in [0, 0.1) is 17.8 Å². The van der Waals surface area contributed by atoms with Crippen molar-refractivity contribution < 1.29 is 0 Å². The molecule has 0 radical (unpaired) electrons. The Labute approximate surface area is 101 Å². The predicted octanol–water partition coefficient (Wildman–Crippen LogP) is 2.35. The van der Waals surface area contributed by atoms with E-state index in [1.807, 2.05) is 0 Å². The molecule has 2 unspecified atom stereocenters. The highest BCUT2D eigenvalue weighted by molar-refractivity contribution is 4.76. The molecule has 2 nitrogen and oxygen atoms in total. The van der Waals surface area contributed by atoms with Crippen LogP contribution in [0.1, 0.15) is 39.5 Å². The molecule has 0 aromatic rings. The van der Waals surface area contributed by atoms with Crippen molar-refractivity contribution in [1.82, 2.24) is 10.2 Å². The van der Waals surface area contributed by atoms with Crippen molar-refractivity contribution in [2.75, 3.05) is 32.7 Å². The molecule has 16 heavy (non-hydrogen) atoms. The number of nitrogens with one attached hydrogen (secondary N) is 1. The molecule has 2 heterocycles. The predicted molar refractivity (Wildman–Crippen MR) is 69.6 cm³/mol. The highest BCUT2D eigenvalue weighted by Gasteiger charge is 2.22. The average Bonchev–Trinajstić information content (AvgIpc) is 2.27. The monoisotopic (exact) mass is 224 g/mol. The molecule has 1 N–H and O–H groups in total. The summed E-state index contributed by atoms with van der Waals surface area (Å²) in [6.07, 6.45) is 5.67. The Morgan fingerprint density at radius 3 is 2.31 bits per heavy atom. The molecule has 0 bridgehead atoms. The molecule has 2 heteroatoms. The fraction of sp³-hybridized carbons (Fsp3) is 1.00. The van der Waals surface area contributed by atoms with Gasteiger partial charge in [0, 0.05) is 13.1 Å². The van der Waals surface area contributed by atoms with E-state index in [0.717, 1.165) is 17.8 Å². The second-order valence-electron chi connectivity index (χ2n) is 6.19. The van der Waals surface area contributed by atoms with E-state index in [4.69, 9.17) is 0 Å². The normalized spacial score (nSPS) is 34.1. The minimum atomic E-state index is 0.914. The van der Waals surface area contributed by atoms with Crippen molar-refractivity contribution in [3.8, 4) is 0 Å². The molecule has 0 aromatic carbocycles. The van der Waals surface area contributed by atoms with Crippen LogP contribution in [0.5, 0.6) is 0 Å². The summed E-state index contributed by atoms with van der Waals surface area (Å²) in [5.74, 6) is 2.82. The molecule has 2 rings (SSSR count). The van der Waals surface area contributed by atoms with Gasteiger partial charge in [-0.05, 0) is 63.1 Å². The highest BCUT2D eigenvalue weighted by Crippen LogP contribution is 2.23. The van der Waals surface area contributed by atoms with Gasteiger partial charge < -0.3 is 10.2 Å². The summed E-state index contributed by atoms with van der Waals surface area (Å²) < 4.78 is 0. The fourth-order valence-corrected chi connectivity index (χ4v) is 3.51. The van der Waals surface area contributed by atoms with Gasteiger partial charge in [-0.3, -0.25) is 0 Å². The van der Waals surface area contributed by atoms with Crippen molar-refractivity contribution in [2.24, 2.45) is 17.8 Å². The Morgan fingerprint density at radius 1 is 1.06 bits per heavy atom. The summed E-state index contributed by atoms with van der Waals surface area (Å²) in [6, 6.07) is 0. The SMILES string of the molecule is CC1CC(C)CN(CCC2CCNCC2)C1. The van der Waals surface area contributed by atoms with E-state index < -0.39 is 0 Å². The van der Waals surface area contributed by atoms with Crippen LogP contribution in [0.4, 0.5) is 0 Å². The smallest absolute Gasteiger partial charge is 0.000724 e. The number of rotatable bonds is 3. The lowest BCUT2D eigenvalue weighted by Crippen LogP contribution is -2.40. The van der Waals surface area contributed by atoms with Crippen LogP contribution in [0.2, 0.25) is 0 Å². The lowest BCUT2D eigenvalue weighted by molar-refractivity contribution is 0.130. The van der Waals surface area contributed by atoms with Crippen LogP contribution < -0.4 is 5.32 Å². The molecule has 2 aliphatic rings. The van der Waals surface area contributed by atoms with Gasteiger partial charge in [-0.15, -0.1) is 0 Å². The molecule has 0 amide bonds. The van der Waals surface area contributed by atoms with E-state index in [9.17, 15) is 0 Å². The van der Waals surface area contributed by atoms with Gasteiger partial charge in [0.25, 0.3) is 0 Å². The number of likely N-dealkylation sites (tertiary alicyclic amines) is 1. The second kappa shape index (κ2) is 6.02. The third-order valence-electron chi connectivity index (χ3n) is 4.26. The zero-order chi connectivity index (χ0) is 11.4. The first-order valence-electron chi connectivity index (χ1n) is 7.17. The number of hydrogen-bond acceptors (Lipinski definition) is 2. The Hall–Kier alpha value is -0.0800. The Balaban J connectivity index is 1.68. The fourth-order valence-electron chi connectivity index (χ4n) is 3.51. The van der Waals surface area contributed by atoms with Gasteiger partial charge in [0.15, 0.2) is 0 Å². The number of hydrogen-bond donors (Lipinski definition) is 1. The van der Waals surface area contributed by atoms with Gasteiger partial charge in [-0.25, -0.2) is 0 Å². The van der Waals surface area contributed by atoms with E-state index in [1.165, 1.54) is 58.4 Å². The molecule has 94 valence electrons. The van der Waals surface area contributed by atoms with Crippen LogP contribution in [0.15, 0.2) is 0 Å². The minimum Gasteiger partial charge on any atom is -0.317 e. The van der Waals surface area contributed by atoms with Crippen molar-refractivity contribution >= 4 is 0 Å². The van der Waals surface area contributed by atoms with Gasteiger partial charge in [-0.2, -0.15) is 0 Å². The zero-order valence-electron chi connectivity index (χ0n) is 11.0. The summed E-state index contributed by atoms with van der Waals surface area (Å²) in [6.45, 7) is 11.3. The molecule has 0 aromatic heterocycles. The van der Waals surface area contributed by atoms with Crippen molar-refractivity contribution in [3.63, 3.8) is 0 Å². The minimum absolute atomic E-state index is 0.914. The van der Waals surface area contributed by atoms with Crippen LogP contribution in [-0.2, 0) is 0 Å². The Kier molecular flexibility index (Phi) is 4.66. The first-order chi connectivity index (χ1) is 7.74. The second-order valence-corrected chi connectivity index (χ2v) is 6.19. The van der Waals surface area contributed by atoms with Crippen LogP contribution in [-0.4, -0.2) is 37.6 Å². The molecule has 0 aliphatic carbocycles. The van der Waals surface area contributed by atoms with Gasteiger partial charge in [-0.1, -0.05) is 13.8 Å². The quantitative estimate of drug-likeness (QED) is 0.791. The summed E-state index contributed by atoms with van der Waals surface area (Å²) in [7, 11) is 0. The molecule has 0 saturated carbocycles. The van der Waals surface area contributed by atoms with E-state index in [-0.39, 0.29) is 0 Å². The van der Waals surface area contributed by atoms with Crippen LogP contribution in [0.3, 0.4) is 0 Å². The Morgan fingerprint density at radius 2 is 1.69 bits per heavy atom. The van der Waals surface area contributed by atoms with Gasteiger partial charge >= 0.3 is 0 Å². The molecular formula is C14H28N2. The van der Waals surface area contributed by atoms with E-state index in [2.05, 4.69) is 24.1 Å². The third-order valence-corrected chi connectivity index (χ3v) is 4.26. The highest BCUT2D eigenvalue weighted by atomic mass is 15.1. The lowest BCUT2D eigenvalue weighted by Gasteiger charge is -2.36. The summed E-state index contributed by atoms with van der Waals surface area (Å²) in [5, 5.41) is 3.45. The molecule has 0 spiro atoms. The molecule has 2 fully saturated rings. The van der Waals surface area contributed by atoms with Crippen molar-refractivity contribution in [2.45, 2.75) is 39.5 Å². The van der Waals surface area contributed by atoms with Gasteiger partial charge in [0.2, 0.25) is 0 Å². The van der Waals surface area contributed by atoms with E-state index in [0.29, 0.717) is 0 Å². The molecule has 2 saturated heterocycles. The van der Waals surface area contributed by atoms with E-state index >= 15 is 0 Å². The maximum absolute atomic E-state index is 3.45. The standard InChI is InChI=1S/C14H28N2/c1-12-9-13(2)11-16(10-12)8-5-14-3-6-15-7-4-14/h12-15H,3-11H2,1-2H3. The Bertz CT molecular complexity index is 189. The summed E-state index contributed by atoms with van der Waals surface area (Å²) in [4.78, 5) is 2.71. The maximum atomic E-state index is 3.45. The zero-order valence-corrected chi connectivity index (χ0v) is 11.0. The lowest BCUT2D eigenvalue weighted by atomic mass is 9.90. The third kappa shape index (κ3) is 3.74. The molecular weight excluding hydrogens is 196 g/mol. The molecule has 2 aliphatic heterocycles. The maximum Gasteiger partial charge on any atom is 0.000724 e. The largest absolute Gasteiger partial charge is 0.317 e. The van der Waals surface area contributed by atoms with Gasteiger partial charge in [0.1, 0.15) is 0 Å². The first-order valence-corrected chi connectivity index (χ1v) is 7.17. The summed E-state index contributed by atoms with van der Waals surface area (Å²) >= 11 is 0. The topological polar surface area (TPSA) is 15.3 Å². The summed E-state index contributed by atoms with van der Waals surface area (Å²) in [5.41, 5.74) is 0. The van der Waals surface area contributed by atoms with Crippen molar-refractivity contribution in [1.29, 1.82) is 0 Å². The number of piperidine rings is 2. The molecule has 2 atom stereocenters. The van der Waals surface area contributed by atoms with E-state index in [1.54, 1.807) is 0 Å². The average molecular weight is 224 g/mol.